The second kappa shape index (κ2) is 5.20. The lowest BCUT2D eigenvalue weighted by Crippen LogP contribution is -2.07. The summed E-state index contributed by atoms with van der Waals surface area (Å²) in [5, 5.41) is 0.272. The minimum atomic E-state index is -4.52. The highest BCUT2D eigenvalue weighted by molar-refractivity contribution is 6.32. The molecule has 0 saturated heterocycles. The summed E-state index contributed by atoms with van der Waals surface area (Å²) in [5.74, 6) is -0.318. The number of rotatable bonds is 2. The monoisotopic (exact) mass is 302 g/mol. The van der Waals surface area contributed by atoms with Crippen LogP contribution >= 0.6 is 11.6 Å². The molecule has 0 amide bonds. The number of aromatic nitrogens is 1. The van der Waals surface area contributed by atoms with Crippen molar-refractivity contribution in [2.24, 2.45) is 0 Å². The highest BCUT2D eigenvalue weighted by Gasteiger charge is 2.31. The average Bonchev–Trinajstić information content (AvgIpc) is 2.32. The lowest BCUT2D eigenvalue weighted by Gasteiger charge is -2.11. The van der Waals surface area contributed by atoms with E-state index in [0.717, 1.165) is 17.7 Å². The van der Waals surface area contributed by atoms with Crippen molar-refractivity contribution in [1.29, 1.82) is 0 Å². The first kappa shape index (κ1) is 14.5. The smallest absolute Gasteiger partial charge is 0.416 e. The van der Waals surface area contributed by atoms with Crippen LogP contribution in [-0.2, 0) is 6.18 Å². The number of nitrogen functional groups attached to an aromatic ring is 1. The SMILES string of the molecule is Cc1ccc(Cl)c(Oc2cc(C(F)(F)F)cc(N)n2)c1. The predicted molar refractivity (Wildman–Crippen MR) is 69.9 cm³/mol. The fourth-order valence-corrected chi connectivity index (χ4v) is 1.70. The first-order valence-corrected chi connectivity index (χ1v) is 5.92. The summed E-state index contributed by atoms with van der Waals surface area (Å²) in [7, 11) is 0. The third kappa shape index (κ3) is 3.33. The zero-order valence-electron chi connectivity index (χ0n) is 10.3. The van der Waals surface area contributed by atoms with Gasteiger partial charge in [-0.05, 0) is 30.7 Å². The number of halogens is 4. The van der Waals surface area contributed by atoms with Crippen molar-refractivity contribution >= 4 is 17.4 Å². The molecule has 1 heterocycles. The summed E-state index contributed by atoms with van der Waals surface area (Å²) < 4.78 is 43.3. The van der Waals surface area contributed by atoms with E-state index in [9.17, 15) is 13.2 Å². The van der Waals surface area contributed by atoms with Crippen molar-refractivity contribution in [3.8, 4) is 11.6 Å². The molecule has 0 spiro atoms. The van der Waals surface area contributed by atoms with Gasteiger partial charge >= 0.3 is 6.18 Å². The van der Waals surface area contributed by atoms with Gasteiger partial charge in [0.15, 0.2) is 0 Å². The number of benzene rings is 1. The van der Waals surface area contributed by atoms with Crippen LogP contribution in [0.15, 0.2) is 30.3 Å². The number of anilines is 1. The second-order valence-corrected chi connectivity index (χ2v) is 4.56. The van der Waals surface area contributed by atoms with Gasteiger partial charge in [-0.25, -0.2) is 0 Å². The molecular weight excluding hydrogens is 293 g/mol. The van der Waals surface area contributed by atoms with Crippen molar-refractivity contribution in [2.45, 2.75) is 13.1 Å². The maximum atomic E-state index is 12.7. The number of nitrogens with two attached hydrogens (primary N) is 1. The molecule has 0 aliphatic rings. The summed E-state index contributed by atoms with van der Waals surface area (Å²) in [6, 6.07) is 6.45. The molecule has 7 heteroatoms. The first-order chi connectivity index (χ1) is 9.25. The summed E-state index contributed by atoms with van der Waals surface area (Å²) in [6.45, 7) is 1.80. The normalized spacial score (nSPS) is 11.4. The largest absolute Gasteiger partial charge is 0.437 e. The minimum Gasteiger partial charge on any atom is -0.437 e. The molecule has 1 aromatic heterocycles. The molecule has 106 valence electrons. The van der Waals surface area contributed by atoms with E-state index in [1.165, 1.54) is 0 Å². The number of alkyl halides is 3. The van der Waals surface area contributed by atoms with Gasteiger partial charge in [-0.15, -0.1) is 0 Å². The van der Waals surface area contributed by atoms with E-state index in [2.05, 4.69) is 4.98 Å². The number of hydrogen-bond acceptors (Lipinski definition) is 3. The lowest BCUT2D eigenvalue weighted by molar-refractivity contribution is -0.137. The fraction of sp³-hybridized carbons (Fsp3) is 0.154. The summed E-state index contributed by atoms with van der Waals surface area (Å²) >= 11 is 5.91. The van der Waals surface area contributed by atoms with Gasteiger partial charge in [-0.2, -0.15) is 18.2 Å². The molecule has 1 aromatic carbocycles. The molecule has 0 unspecified atom stereocenters. The number of ether oxygens (including phenoxy) is 1. The molecule has 3 nitrogen and oxygen atoms in total. The van der Waals surface area contributed by atoms with Crippen molar-refractivity contribution in [2.75, 3.05) is 5.73 Å². The predicted octanol–water partition coefficient (Wildman–Crippen LogP) is 4.44. The fourth-order valence-electron chi connectivity index (χ4n) is 1.54. The van der Waals surface area contributed by atoms with Crippen LogP contribution < -0.4 is 10.5 Å². The number of nitrogens with zero attached hydrogens (tertiary/aromatic N) is 1. The molecule has 0 saturated carbocycles. The van der Waals surface area contributed by atoms with E-state index in [0.29, 0.717) is 0 Å². The van der Waals surface area contributed by atoms with Crippen LogP contribution in [-0.4, -0.2) is 4.98 Å². The van der Waals surface area contributed by atoms with Gasteiger partial charge in [0.1, 0.15) is 11.6 Å². The van der Waals surface area contributed by atoms with Gasteiger partial charge in [0.05, 0.1) is 10.6 Å². The van der Waals surface area contributed by atoms with Gasteiger partial charge in [-0.3, -0.25) is 0 Å². The minimum absolute atomic E-state index is 0.220. The third-order valence-electron chi connectivity index (χ3n) is 2.45. The topological polar surface area (TPSA) is 48.1 Å². The Balaban J connectivity index is 2.39. The van der Waals surface area contributed by atoms with Crippen LogP contribution in [0.1, 0.15) is 11.1 Å². The molecule has 0 radical (unpaired) electrons. The lowest BCUT2D eigenvalue weighted by atomic mass is 10.2. The number of hydrogen-bond donors (Lipinski definition) is 1. The van der Waals surface area contributed by atoms with E-state index in [4.69, 9.17) is 22.1 Å². The van der Waals surface area contributed by atoms with Crippen LogP contribution in [0.2, 0.25) is 5.02 Å². The summed E-state index contributed by atoms with van der Waals surface area (Å²) in [4.78, 5) is 3.71. The second-order valence-electron chi connectivity index (χ2n) is 4.15. The van der Waals surface area contributed by atoms with Crippen LogP contribution in [0.5, 0.6) is 11.6 Å². The molecule has 0 fully saturated rings. The van der Waals surface area contributed by atoms with E-state index < -0.39 is 11.7 Å². The summed E-state index contributed by atoms with van der Waals surface area (Å²) in [5.41, 5.74) is 5.28. The summed E-state index contributed by atoms with van der Waals surface area (Å²) in [6.07, 6.45) is -4.52. The molecule has 2 aromatic rings. The molecule has 20 heavy (non-hydrogen) atoms. The quantitative estimate of drug-likeness (QED) is 0.892. The molecule has 0 aliphatic heterocycles. The number of pyridine rings is 1. The van der Waals surface area contributed by atoms with Crippen molar-refractivity contribution < 1.29 is 17.9 Å². The average molecular weight is 303 g/mol. The van der Waals surface area contributed by atoms with Crippen LogP contribution in [0, 0.1) is 6.92 Å². The Morgan fingerprint density at radius 3 is 2.55 bits per heavy atom. The highest BCUT2D eigenvalue weighted by atomic mass is 35.5. The first-order valence-electron chi connectivity index (χ1n) is 5.54. The highest BCUT2D eigenvalue weighted by Crippen LogP contribution is 2.35. The van der Waals surface area contributed by atoms with Gasteiger partial charge in [0.2, 0.25) is 5.88 Å². The maximum absolute atomic E-state index is 12.7. The van der Waals surface area contributed by atoms with E-state index >= 15 is 0 Å². The third-order valence-corrected chi connectivity index (χ3v) is 2.76. The van der Waals surface area contributed by atoms with E-state index in [1.807, 2.05) is 0 Å². The zero-order valence-corrected chi connectivity index (χ0v) is 11.1. The molecule has 2 N–H and O–H groups in total. The molecule has 0 atom stereocenters. The van der Waals surface area contributed by atoms with Gasteiger partial charge < -0.3 is 10.5 Å². The van der Waals surface area contributed by atoms with Crippen molar-refractivity contribution in [3.63, 3.8) is 0 Å². The Kier molecular flexibility index (Phi) is 3.76. The van der Waals surface area contributed by atoms with Gasteiger partial charge in [0, 0.05) is 6.07 Å². The Labute approximate surface area is 118 Å². The van der Waals surface area contributed by atoms with E-state index in [-0.39, 0.29) is 22.5 Å². The Morgan fingerprint density at radius 2 is 1.90 bits per heavy atom. The molecule has 2 rings (SSSR count). The van der Waals surface area contributed by atoms with Crippen LogP contribution in [0.3, 0.4) is 0 Å². The Bertz CT molecular complexity index is 644. The van der Waals surface area contributed by atoms with Gasteiger partial charge in [-0.1, -0.05) is 17.7 Å². The zero-order chi connectivity index (χ0) is 14.9. The Hall–Kier alpha value is -1.95. The van der Waals surface area contributed by atoms with E-state index in [1.54, 1.807) is 25.1 Å². The van der Waals surface area contributed by atoms with Crippen LogP contribution in [0.25, 0.3) is 0 Å². The molecular formula is C13H10ClF3N2O. The van der Waals surface area contributed by atoms with Crippen molar-refractivity contribution in [1.82, 2.24) is 4.98 Å². The standard InChI is InChI=1S/C13H10ClF3N2O/c1-7-2-3-9(14)10(4-7)20-12-6-8(13(15,16)17)5-11(18)19-12/h2-6H,1H3,(H2,18,19). The molecule has 0 aliphatic carbocycles. The Morgan fingerprint density at radius 1 is 1.20 bits per heavy atom. The van der Waals surface area contributed by atoms with Crippen LogP contribution in [0.4, 0.5) is 19.0 Å². The van der Waals surface area contributed by atoms with Crippen molar-refractivity contribution in [3.05, 3.63) is 46.5 Å². The maximum Gasteiger partial charge on any atom is 0.416 e. The number of aryl methyl sites for hydroxylation is 1. The van der Waals surface area contributed by atoms with Gasteiger partial charge in [0.25, 0.3) is 0 Å². The molecule has 0 bridgehead atoms.